The molecule has 7 nitrogen and oxygen atoms in total. The minimum Gasteiger partial charge on any atom is -0.493 e. The predicted molar refractivity (Wildman–Crippen MR) is 135 cm³/mol. The summed E-state index contributed by atoms with van der Waals surface area (Å²) >= 11 is 1.43. The molecule has 0 atom stereocenters. The Morgan fingerprint density at radius 1 is 1.06 bits per heavy atom. The van der Waals surface area contributed by atoms with Crippen LogP contribution in [0.15, 0.2) is 60.7 Å². The van der Waals surface area contributed by atoms with E-state index in [9.17, 15) is 9.59 Å². The first-order valence-electron chi connectivity index (χ1n) is 11.6. The number of hydrogen-bond donors (Lipinski definition) is 1. The molecule has 1 aliphatic rings. The van der Waals surface area contributed by atoms with Gasteiger partial charge in [0, 0.05) is 23.7 Å². The van der Waals surface area contributed by atoms with Gasteiger partial charge in [-0.05, 0) is 49.6 Å². The van der Waals surface area contributed by atoms with E-state index in [1.54, 1.807) is 12.1 Å². The number of thiazole rings is 1. The van der Waals surface area contributed by atoms with Gasteiger partial charge in [0.15, 0.2) is 0 Å². The summed E-state index contributed by atoms with van der Waals surface area (Å²) in [5.41, 5.74) is 2.31. The zero-order valence-corrected chi connectivity index (χ0v) is 20.1. The first-order valence-corrected chi connectivity index (χ1v) is 12.4. The quantitative estimate of drug-likeness (QED) is 0.308. The van der Waals surface area contributed by atoms with E-state index in [1.165, 1.54) is 11.3 Å². The van der Waals surface area contributed by atoms with Gasteiger partial charge >= 0.3 is 0 Å². The number of ketones is 1. The lowest BCUT2D eigenvalue weighted by Crippen LogP contribution is -2.15. The van der Waals surface area contributed by atoms with E-state index < -0.39 is 0 Å². The van der Waals surface area contributed by atoms with E-state index in [4.69, 9.17) is 9.47 Å². The lowest BCUT2D eigenvalue weighted by Gasteiger charge is -2.11. The summed E-state index contributed by atoms with van der Waals surface area (Å²) < 4.78 is 11.6. The summed E-state index contributed by atoms with van der Waals surface area (Å²) in [5.74, 6) is 2.11. The van der Waals surface area contributed by atoms with E-state index in [-0.39, 0.29) is 30.6 Å². The van der Waals surface area contributed by atoms with Crippen LogP contribution in [0, 0.1) is 12.8 Å². The smallest absolute Gasteiger partial charge is 0.227 e. The zero-order chi connectivity index (χ0) is 24.2. The number of anilines is 1. The van der Waals surface area contributed by atoms with Crippen molar-refractivity contribution in [1.29, 1.82) is 0 Å². The number of benzene rings is 2. The fourth-order valence-electron chi connectivity index (χ4n) is 3.58. The highest BCUT2D eigenvalue weighted by molar-refractivity contribution is 7.18. The summed E-state index contributed by atoms with van der Waals surface area (Å²) in [6.07, 6.45) is 2.61. The van der Waals surface area contributed by atoms with Crippen LogP contribution in [0.2, 0.25) is 0 Å². The molecule has 0 saturated heterocycles. The van der Waals surface area contributed by atoms with E-state index >= 15 is 0 Å². The van der Waals surface area contributed by atoms with Gasteiger partial charge in [0.1, 0.15) is 32.6 Å². The number of nitrogens with zero attached hydrogens (tertiary/aromatic N) is 2. The van der Waals surface area contributed by atoms with E-state index in [2.05, 4.69) is 15.3 Å². The molecule has 178 valence electrons. The van der Waals surface area contributed by atoms with Crippen molar-refractivity contribution in [3.8, 4) is 17.4 Å². The average molecular weight is 488 g/mol. The molecule has 0 unspecified atom stereocenters. The van der Waals surface area contributed by atoms with E-state index in [0.29, 0.717) is 23.7 Å². The van der Waals surface area contributed by atoms with Crippen LogP contribution in [0.25, 0.3) is 10.3 Å². The lowest BCUT2D eigenvalue weighted by atomic mass is 10.2. The molecule has 35 heavy (non-hydrogen) atoms. The molecule has 2 heterocycles. The maximum Gasteiger partial charge on any atom is 0.227 e. The molecule has 0 aliphatic heterocycles. The van der Waals surface area contributed by atoms with Crippen LogP contribution in [-0.2, 0) is 16.0 Å². The standard InChI is InChI=1S/C27H25N3O4S/c1-17-7-10-19(28-24(32)13-14-33-20-5-3-2-4-6-20)15-23(17)34-25-12-11-21-27(30-25)35-26(29-21)16-22(31)18-8-9-18/h2-7,10-12,15,18H,8-9,13-14,16H2,1H3,(H,28,32). The number of para-hydroxylation sites is 1. The van der Waals surface area contributed by atoms with Gasteiger partial charge in [-0.2, -0.15) is 0 Å². The Kier molecular flexibility index (Phi) is 6.72. The van der Waals surface area contributed by atoms with Crippen molar-refractivity contribution in [3.63, 3.8) is 0 Å². The fraction of sp³-hybridized carbons (Fsp3) is 0.259. The third kappa shape index (κ3) is 6.02. The number of ether oxygens (including phenoxy) is 2. The molecule has 2 aromatic heterocycles. The largest absolute Gasteiger partial charge is 0.493 e. The highest BCUT2D eigenvalue weighted by atomic mass is 32.1. The average Bonchev–Trinajstić information content (AvgIpc) is 3.63. The first kappa shape index (κ1) is 23.0. The molecule has 2 aromatic carbocycles. The van der Waals surface area contributed by atoms with Gasteiger partial charge in [0.25, 0.3) is 0 Å². The van der Waals surface area contributed by atoms with E-state index in [1.807, 2.05) is 55.5 Å². The number of Topliss-reactive ketones (excluding diaryl/α,β-unsaturated/α-hetero) is 1. The van der Waals surface area contributed by atoms with Gasteiger partial charge in [-0.25, -0.2) is 9.97 Å². The molecule has 8 heteroatoms. The third-order valence-electron chi connectivity index (χ3n) is 5.66. The zero-order valence-electron chi connectivity index (χ0n) is 19.3. The molecule has 0 spiro atoms. The van der Waals surface area contributed by atoms with Crippen LogP contribution in [0.1, 0.15) is 29.8 Å². The van der Waals surface area contributed by atoms with Gasteiger partial charge in [-0.1, -0.05) is 35.6 Å². The molecule has 1 N–H and O–H groups in total. The normalized spacial score (nSPS) is 12.9. The topological polar surface area (TPSA) is 90.4 Å². The van der Waals surface area contributed by atoms with Crippen molar-refractivity contribution >= 4 is 39.1 Å². The minimum atomic E-state index is -0.145. The fourth-order valence-corrected chi connectivity index (χ4v) is 4.51. The molecule has 1 fully saturated rings. The number of rotatable bonds is 10. The number of carbonyl (C=O) groups is 2. The van der Waals surface area contributed by atoms with Gasteiger partial charge in [0.05, 0.1) is 19.4 Å². The van der Waals surface area contributed by atoms with Gasteiger partial charge < -0.3 is 14.8 Å². The van der Waals surface area contributed by atoms with Crippen molar-refractivity contribution in [1.82, 2.24) is 9.97 Å². The second-order valence-corrected chi connectivity index (χ2v) is 9.60. The summed E-state index contributed by atoms with van der Waals surface area (Å²) in [6.45, 7) is 2.22. The Morgan fingerprint density at radius 3 is 2.69 bits per heavy atom. The molecule has 5 rings (SSSR count). The molecule has 0 bridgehead atoms. The van der Waals surface area contributed by atoms with Gasteiger partial charge in [-0.15, -0.1) is 0 Å². The number of aromatic nitrogens is 2. The number of hydrogen-bond acceptors (Lipinski definition) is 7. The molecule has 4 aromatic rings. The second-order valence-electron chi connectivity index (χ2n) is 8.54. The summed E-state index contributed by atoms with van der Waals surface area (Å²) in [4.78, 5) is 34.3. The monoisotopic (exact) mass is 487 g/mol. The molecule has 1 saturated carbocycles. The number of amides is 1. The number of pyridine rings is 1. The number of nitrogens with one attached hydrogen (secondary N) is 1. The van der Waals surface area contributed by atoms with Crippen LogP contribution in [0.4, 0.5) is 5.69 Å². The predicted octanol–water partition coefficient (Wildman–Crippen LogP) is 5.72. The third-order valence-corrected chi connectivity index (χ3v) is 6.62. The summed E-state index contributed by atoms with van der Waals surface area (Å²) in [5, 5.41) is 3.68. The highest BCUT2D eigenvalue weighted by Crippen LogP contribution is 2.33. The van der Waals surface area contributed by atoms with Gasteiger partial charge in [0.2, 0.25) is 11.8 Å². The Hall–Kier alpha value is -3.78. The van der Waals surface area contributed by atoms with Gasteiger partial charge in [-0.3, -0.25) is 9.59 Å². The number of fused-ring (bicyclic) bond motifs is 1. The van der Waals surface area contributed by atoms with Crippen molar-refractivity contribution < 1.29 is 19.1 Å². The molecule has 0 radical (unpaired) electrons. The lowest BCUT2D eigenvalue weighted by molar-refractivity contribution is -0.119. The number of carbonyl (C=O) groups excluding carboxylic acids is 2. The second kappa shape index (κ2) is 10.2. The molecule has 1 amide bonds. The minimum absolute atomic E-state index is 0.145. The highest BCUT2D eigenvalue weighted by Gasteiger charge is 2.29. The van der Waals surface area contributed by atoms with Crippen molar-refractivity contribution in [2.45, 2.75) is 32.6 Å². The van der Waals surface area contributed by atoms with Crippen LogP contribution in [0.3, 0.4) is 0 Å². The van der Waals surface area contributed by atoms with Crippen LogP contribution >= 0.6 is 11.3 Å². The summed E-state index contributed by atoms with van der Waals surface area (Å²) in [6, 6.07) is 18.5. The number of aryl methyl sites for hydroxylation is 1. The Labute approximate surface area is 207 Å². The van der Waals surface area contributed by atoms with Crippen LogP contribution in [0.5, 0.6) is 17.4 Å². The maximum atomic E-state index is 12.4. The molecular weight excluding hydrogens is 462 g/mol. The maximum absolute atomic E-state index is 12.4. The Morgan fingerprint density at radius 2 is 1.89 bits per heavy atom. The van der Waals surface area contributed by atoms with Crippen molar-refractivity contribution in [3.05, 3.63) is 71.2 Å². The SMILES string of the molecule is Cc1ccc(NC(=O)CCOc2ccccc2)cc1Oc1ccc2nc(CC(=O)C3CC3)sc2n1. The Balaban J connectivity index is 1.21. The van der Waals surface area contributed by atoms with Crippen LogP contribution in [-0.4, -0.2) is 28.3 Å². The Bertz CT molecular complexity index is 1370. The molecular formula is C27H25N3O4S. The first-order chi connectivity index (χ1) is 17.0. The summed E-state index contributed by atoms with van der Waals surface area (Å²) in [7, 11) is 0. The molecule has 1 aliphatic carbocycles. The van der Waals surface area contributed by atoms with E-state index in [0.717, 1.165) is 39.5 Å². The van der Waals surface area contributed by atoms with Crippen molar-refractivity contribution in [2.75, 3.05) is 11.9 Å². The van der Waals surface area contributed by atoms with Crippen LogP contribution < -0.4 is 14.8 Å². The van der Waals surface area contributed by atoms with Crippen molar-refractivity contribution in [2.24, 2.45) is 5.92 Å².